The molecule has 3 heteroatoms. The van der Waals surface area contributed by atoms with E-state index in [4.69, 9.17) is 0 Å². The number of aryl methyl sites for hydroxylation is 1. The molecule has 1 N–H and O–H groups in total. The lowest BCUT2D eigenvalue weighted by atomic mass is 9.94. The van der Waals surface area contributed by atoms with Crippen molar-refractivity contribution in [1.29, 1.82) is 0 Å². The van der Waals surface area contributed by atoms with Crippen molar-refractivity contribution in [3.05, 3.63) is 21.9 Å². The maximum atomic E-state index is 11.3. The minimum atomic E-state index is 0.161. The second kappa shape index (κ2) is 4.13. The number of thiophene rings is 1. The molecule has 0 aliphatic heterocycles. The van der Waals surface area contributed by atoms with Gasteiger partial charge >= 0.3 is 0 Å². The van der Waals surface area contributed by atoms with Crippen molar-refractivity contribution in [2.75, 3.05) is 0 Å². The third kappa shape index (κ3) is 1.82. The Morgan fingerprint density at radius 1 is 1.71 bits per heavy atom. The summed E-state index contributed by atoms with van der Waals surface area (Å²) in [5.74, 6) is 0.161. The molecule has 1 aliphatic rings. The molecule has 0 saturated carbocycles. The first-order chi connectivity index (χ1) is 6.81. The number of hydrogen-bond acceptors (Lipinski definition) is 2. The summed E-state index contributed by atoms with van der Waals surface area (Å²) < 4.78 is 0. The van der Waals surface area contributed by atoms with E-state index in [-0.39, 0.29) is 11.9 Å². The number of fused-ring (bicyclic) bond motifs is 1. The zero-order chi connectivity index (χ0) is 9.97. The third-order valence-corrected chi connectivity index (χ3v) is 3.70. The fourth-order valence-corrected chi connectivity index (χ4v) is 2.92. The molecule has 0 saturated heterocycles. The van der Waals surface area contributed by atoms with Crippen LogP contribution in [0.5, 0.6) is 0 Å². The Hall–Kier alpha value is -0.830. The lowest BCUT2D eigenvalue weighted by Gasteiger charge is -2.23. The van der Waals surface area contributed by atoms with E-state index in [0.29, 0.717) is 6.42 Å². The van der Waals surface area contributed by atoms with Gasteiger partial charge in [0.2, 0.25) is 5.91 Å². The monoisotopic (exact) mass is 209 g/mol. The van der Waals surface area contributed by atoms with Gasteiger partial charge in [-0.2, -0.15) is 0 Å². The molecule has 1 aromatic rings. The van der Waals surface area contributed by atoms with Crippen LogP contribution >= 0.6 is 11.3 Å². The van der Waals surface area contributed by atoms with Gasteiger partial charge in [0.05, 0.1) is 6.04 Å². The van der Waals surface area contributed by atoms with Crippen LogP contribution < -0.4 is 5.32 Å². The van der Waals surface area contributed by atoms with E-state index in [2.05, 4.69) is 16.8 Å². The van der Waals surface area contributed by atoms with Crippen LogP contribution in [0.15, 0.2) is 11.4 Å². The molecule has 1 atom stereocenters. The SMILES string of the molecule is CCC(=O)NC1CCCc2sccc21. The summed E-state index contributed by atoms with van der Waals surface area (Å²) in [5, 5.41) is 5.20. The molecule has 14 heavy (non-hydrogen) atoms. The van der Waals surface area contributed by atoms with Gasteiger partial charge in [0.1, 0.15) is 0 Å². The van der Waals surface area contributed by atoms with Gasteiger partial charge in [-0.1, -0.05) is 6.92 Å². The molecule has 76 valence electrons. The minimum Gasteiger partial charge on any atom is -0.349 e. The molecule has 1 unspecified atom stereocenters. The van der Waals surface area contributed by atoms with E-state index in [1.165, 1.54) is 23.3 Å². The van der Waals surface area contributed by atoms with E-state index in [0.717, 1.165) is 6.42 Å². The Morgan fingerprint density at radius 2 is 2.57 bits per heavy atom. The second-order valence-corrected chi connectivity index (χ2v) is 4.67. The molecule has 0 spiro atoms. The fourth-order valence-electron chi connectivity index (χ4n) is 1.93. The standard InChI is InChI=1S/C11H15NOS/c1-2-11(13)12-9-4-3-5-10-8(9)6-7-14-10/h6-7,9H,2-5H2,1H3,(H,12,13). The van der Waals surface area contributed by atoms with Crippen molar-refractivity contribution in [3.63, 3.8) is 0 Å². The number of carbonyl (C=O) groups excluding carboxylic acids is 1. The first-order valence-electron chi connectivity index (χ1n) is 5.17. The van der Waals surface area contributed by atoms with Gasteiger partial charge in [-0.25, -0.2) is 0 Å². The van der Waals surface area contributed by atoms with Gasteiger partial charge in [-0.15, -0.1) is 11.3 Å². The maximum absolute atomic E-state index is 11.3. The first-order valence-corrected chi connectivity index (χ1v) is 6.05. The van der Waals surface area contributed by atoms with Crippen LogP contribution in [0.2, 0.25) is 0 Å². The van der Waals surface area contributed by atoms with Crippen molar-refractivity contribution in [1.82, 2.24) is 5.32 Å². The summed E-state index contributed by atoms with van der Waals surface area (Å²) in [7, 11) is 0. The van der Waals surface area contributed by atoms with E-state index < -0.39 is 0 Å². The average molecular weight is 209 g/mol. The van der Waals surface area contributed by atoms with Crippen molar-refractivity contribution in [2.24, 2.45) is 0 Å². The summed E-state index contributed by atoms with van der Waals surface area (Å²) >= 11 is 1.81. The van der Waals surface area contributed by atoms with Crippen molar-refractivity contribution in [3.8, 4) is 0 Å². The third-order valence-electron chi connectivity index (χ3n) is 2.71. The Balaban J connectivity index is 2.12. The van der Waals surface area contributed by atoms with Crippen LogP contribution in [0.3, 0.4) is 0 Å². The quantitative estimate of drug-likeness (QED) is 0.797. The summed E-state index contributed by atoms with van der Waals surface area (Å²) in [4.78, 5) is 12.8. The smallest absolute Gasteiger partial charge is 0.220 e. The normalized spacial score (nSPS) is 20.2. The van der Waals surface area contributed by atoms with Crippen molar-refractivity contribution < 1.29 is 4.79 Å². The molecule has 2 nitrogen and oxygen atoms in total. The number of hydrogen-bond donors (Lipinski definition) is 1. The molecule has 0 fully saturated rings. The highest BCUT2D eigenvalue weighted by Gasteiger charge is 2.21. The van der Waals surface area contributed by atoms with Crippen LogP contribution in [0.4, 0.5) is 0 Å². The zero-order valence-electron chi connectivity index (χ0n) is 8.38. The van der Waals surface area contributed by atoms with Crippen LogP contribution in [0.25, 0.3) is 0 Å². The highest BCUT2D eigenvalue weighted by atomic mass is 32.1. The number of carbonyl (C=O) groups is 1. The molecule has 2 rings (SSSR count). The van der Waals surface area contributed by atoms with Gasteiger partial charge in [-0.05, 0) is 36.3 Å². The van der Waals surface area contributed by atoms with Gasteiger partial charge in [0.15, 0.2) is 0 Å². The highest BCUT2D eigenvalue weighted by Crippen LogP contribution is 2.33. The van der Waals surface area contributed by atoms with Crippen LogP contribution in [0.1, 0.15) is 42.7 Å². The lowest BCUT2D eigenvalue weighted by Crippen LogP contribution is -2.29. The predicted molar refractivity (Wildman–Crippen MR) is 58.4 cm³/mol. The highest BCUT2D eigenvalue weighted by molar-refractivity contribution is 7.10. The van der Waals surface area contributed by atoms with Crippen molar-refractivity contribution in [2.45, 2.75) is 38.6 Å². The minimum absolute atomic E-state index is 0.161. The molecule has 1 aromatic heterocycles. The molecular formula is C11H15NOS. The van der Waals surface area contributed by atoms with Gasteiger partial charge in [-0.3, -0.25) is 4.79 Å². The van der Waals surface area contributed by atoms with Crippen LogP contribution in [0, 0.1) is 0 Å². The lowest BCUT2D eigenvalue weighted by molar-refractivity contribution is -0.121. The molecule has 1 heterocycles. The topological polar surface area (TPSA) is 29.1 Å². The molecule has 0 radical (unpaired) electrons. The Bertz CT molecular complexity index is 332. The number of nitrogens with one attached hydrogen (secondary N) is 1. The second-order valence-electron chi connectivity index (χ2n) is 3.67. The molecule has 0 aromatic carbocycles. The van der Waals surface area contributed by atoms with E-state index >= 15 is 0 Å². The summed E-state index contributed by atoms with van der Waals surface area (Å²) in [6.45, 7) is 1.90. The molecule has 0 bridgehead atoms. The van der Waals surface area contributed by atoms with Crippen LogP contribution in [-0.4, -0.2) is 5.91 Å². The molecule has 1 amide bonds. The maximum Gasteiger partial charge on any atom is 0.220 e. The van der Waals surface area contributed by atoms with Crippen molar-refractivity contribution >= 4 is 17.2 Å². The van der Waals surface area contributed by atoms with Crippen LogP contribution in [-0.2, 0) is 11.2 Å². The zero-order valence-corrected chi connectivity index (χ0v) is 9.19. The van der Waals surface area contributed by atoms with E-state index in [1.54, 1.807) is 0 Å². The number of rotatable bonds is 2. The van der Waals surface area contributed by atoms with Gasteiger partial charge in [0, 0.05) is 11.3 Å². The van der Waals surface area contributed by atoms with E-state index in [9.17, 15) is 4.79 Å². The Kier molecular flexibility index (Phi) is 2.87. The average Bonchev–Trinajstić information content (AvgIpc) is 2.66. The summed E-state index contributed by atoms with van der Waals surface area (Å²) in [6, 6.07) is 2.43. The fraction of sp³-hybridized carbons (Fsp3) is 0.545. The van der Waals surface area contributed by atoms with E-state index in [1.807, 2.05) is 18.3 Å². The molecule has 1 aliphatic carbocycles. The predicted octanol–water partition coefficient (Wildman–Crippen LogP) is 2.65. The largest absolute Gasteiger partial charge is 0.349 e. The van der Waals surface area contributed by atoms with Gasteiger partial charge in [0.25, 0.3) is 0 Å². The first kappa shape index (κ1) is 9.71. The summed E-state index contributed by atoms with van der Waals surface area (Å²) in [6.07, 6.45) is 4.05. The van der Waals surface area contributed by atoms with Gasteiger partial charge < -0.3 is 5.32 Å². The number of amides is 1. The molecular weight excluding hydrogens is 194 g/mol. The summed E-state index contributed by atoms with van der Waals surface area (Å²) in [5.41, 5.74) is 1.35. The Labute approximate surface area is 88.3 Å². The Morgan fingerprint density at radius 3 is 3.36 bits per heavy atom.